The Kier molecular flexibility index (Phi) is 11.5. The summed E-state index contributed by atoms with van der Waals surface area (Å²) in [4.78, 5) is 47.9. The highest BCUT2D eigenvalue weighted by Gasteiger charge is 2.38. The van der Waals surface area contributed by atoms with Crippen LogP contribution in [0.1, 0.15) is 85.9 Å². The Morgan fingerprint density at radius 2 is 1.76 bits per heavy atom. The van der Waals surface area contributed by atoms with Crippen LogP contribution in [0.2, 0.25) is 0 Å². The van der Waals surface area contributed by atoms with E-state index in [1.165, 1.54) is 22.8 Å². The summed E-state index contributed by atoms with van der Waals surface area (Å²) < 4.78 is 39.7. The summed E-state index contributed by atoms with van der Waals surface area (Å²) in [7, 11) is 1.75. The van der Waals surface area contributed by atoms with Gasteiger partial charge in [0.1, 0.15) is 17.3 Å². The SMILES string of the molecule is [C-]#[N+]c1cnn2c(C(=O)Nc3cc4cn(C5CCC(N6CCN(CC7CN(c8cc(F)c(C9CCC(=O)NC9=O)c(F)c8)C7)C[C@H]6COC)CC5)nc4cc3C(C)(C)O)ccc2c1. The van der Waals surface area contributed by atoms with Gasteiger partial charge in [-0.25, -0.2) is 18.1 Å². The Balaban J connectivity index is 0.800. The lowest BCUT2D eigenvalue weighted by Crippen LogP contribution is -2.61. The molecule has 17 heteroatoms. The number of imide groups is 1. The maximum Gasteiger partial charge on any atom is 0.274 e. The highest BCUT2D eigenvalue weighted by Crippen LogP contribution is 2.38. The molecule has 63 heavy (non-hydrogen) atoms. The van der Waals surface area contributed by atoms with Crippen molar-refractivity contribution in [2.24, 2.45) is 5.92 Å². The van der Waals surface area contributed by atoms with E-state index in [1.54, 1.807) is 39.2 Å². The lowest BCUT2D eigenvalue weighted by molar-refractivity contribution is -0.134. The topological polar surface area (TPSA) is 154 Å². The van der Waals surface area contributed by atoms with Crippen LogP contribution < -0.4 is 15.5 Å². The third-order valence-corrected chi connectivity index (χ3v) is 13.4. The van der Waals surface area contributed by atoms with Crippen LogP contribution in [0.5, 0.6) is 0 Å². The second kappa shape index (κ2) is 17.1. The molecule has 0 radical (unpaired) electrons. The Labute approximate surface area is 363 Å². The van der Waals surface area contributed by atoms with E-state index in [0.29, 0.717) is 65.5 Å². The quantitative estimate of drug-likeness (QED) is 0.110. The van der Waals surface area contributed by atoms with Gasteiger partial charge in [-0.1, -0.05) is 0 Å². The van der Waals surface area contributed by atoms with Crippen LogP contribution in [0.4, 0.5) is 25.8 Å². The molecule has 0 bridgehead atoms. The van der Waals surface area contributed by atoms with E-state index in [-0.39, 0.29) is 36.4 Å². The molecule has 9 rings (SSSR count). The monoisotopic (exact) mass is 862 g/mol. The van der Waals surface area contributed by atoms with Crippen molar-refractivity contribution >= 4 is 51.2 Å². The average Bonchev–Trinajstić information content (AvgIpc) is 3.86. The van der Waals surface area contributed by atoms with E-state index >= 15 is 8.78 Å². The fourth-order valence-corrected chi connectivity index (χ4v) is 10.2. The third kappa shape index (κ3) is 8.52. The van der Waals surface area contributed by atoms with Gasteiger partial charge in [-0.15, -0.1) is 0 Å². The first-order valence-corrected chi connectivity index (χ1v) is 21.7. The van der Waals surface area contributed by atoms with E-state index in [9.17, 15) is 19.5 Å². The zero-order valence-corrected chi connectivity index (χ0v) is 35.7. The average molecular weight is 863 g/mol. The molecule has 3 N–H and O–H groups in total. The Morgan fingerprint density at radius 3 is 2.46 bits per heavy atom. The van der Waals surface area contributed by atoms with Gasteiger partial charge >= 0.3 is 0 Å². The van der Waals surface area contributed by atoms with Crippen molar-refractivity contribution < 1.29 is 33.0 Å². The van der Waals surface area contributed by atoms with Gasteiger partial charge in [0.2, 0.25) is 17.5 Å². The number of aromatic nitrogens is 4. The number of piperazine rings is 1. The van der Waals surface area contributed by atoms with Crippen LogP contribution in [-0.2, 0) is 19.9 Å². The van der Waals surface area contributed by atoms with E-state index in [2.05, 4.69) is 30.4 Å². The molecule has 330 valence electrons. The molecule has 6 heterocycles. The van der Waals surface area contributed by atoms with Crippen molar-refractivity contribution in [3.05, 3.63) is 94.7 Å². The molecule has 1 saturated carbocycles. The smallest absolute Gasteiger partial charge is 0.274 e. The number of hydrogen-bond donors (Lipinski definition) is 3. The van der Waals surface area contributed by atoms with Gasteiger partial charge in [0.15, 0.2) is 0 Å². The number of piperidine rings is 1. The first kappa shape index (κ1) is 42.5. The number of hydrogen-bond acceptors (Lipinski definition) is 10. The second-order valence-electron chi connectivity index (χ2n) is 18.1. The van der Waals surface area contributed by atoms with E-state index < -0.39 is 35.0 Å². The maximum atomic E-state index is 15.2. The molecule has 3 saturated heterocycles. The fourth-order valence-electron chi connectivity index (χ4n) is 10.2. The number of nitrogens with zero attached hydrogens (tertiary/aromatic N) is 8. The van der Waals surface area contributed by atoms with Gasteiger partial charge in [-0.2, -0.15) is 10.2 Å². The molecule has 4 aliphatic rings. The van der Waals surface area contributed by atoms with Crippen LogP contribution >= 0.6 is 0 Å². The summed E-state index contributed by atoms with van der Waals surface area (Å²) in [5, 5.41) is 26.5. The molecule has 15 nitrogen and oxygen atoms in total. The molecule has 3 aromatic heterocycles. The molecule has 3 aliphatic heterocycles. The van der Waals surface area contributed by atoms with Gasteiger partial charge in [-0.05, 0) is 88.4 Å². The molecule has 2 aromatic carbocycles. The normalized spacial score (nSPS) is 22.9. The number of methoxy groups -OCH3 is 1. The molecule has 0 spiro atoms. The van der Waals surface area contributed by atoms with Crippen LogP contribution in [0, 0.1) is 24.1 Å². The van der Waals surface area contributed by atoms with Gasteiger partial charge in [0, 0.05) is 105 Å². The van der Waals surface area contributed by atoms with Gasteiger partial charge in [0.25, 0.3) is 5.91 Å². The number of benzene rings is 2. The largest absolute Gasteiger partial charge is 0.386 e. The Morgan fingerprint density at radius 1 is 1.02 bits per heavy atom. The summed E-state index contributed by atoms with van der Waals surface area (Å²) in [6.45, 7) is 16.2. The summed E-state index contributed by atoms with van der Waals surface area (Å²) in [5.74, 6) is -3.65. The van der Waals surface area contributed by atoms with Crippen molar-refractivity contribution in [1.29, 1.82) is 0 Å². The van der Waals surface area contributed by atoms with Gasteiger partial charge in [0.05, 0.1) is 48.0 Å². The lowest BCUT2D eigenvalue weighted by atomic mass is 9.88. The minimum absolute atomic E-state index is 0.0526. The molecule has 5 aromatic rings. The first-order valence-electron chi connectivity index (χ1n) is 21.7. The third-order valence-electron chi connectivity index (χ3n) is 13.4. The highest BCUT2D eigenvalue weighted by atomic mass is 19.1. The van der Waals surface area contributed by atoms with Crippen molar-refractivity contribution in [3.63, 3.8) is 0 Å². The van der Waals surface area contributed by atoms with Crippen molar-refractivity contribution in [2.75, 3.05) is 63.2 Å². The molecule has 4 fully saturated rings. The highest BCUT2D eigenvalue weighted by molar-refractivity contribution is 6.05. The number of amides is 3. The summed E-state index contributed by atoms with van der Waals surface area (Å²) in [6.07, 6.45) is 7.53. The van der Waals surface area contributed by atoms with Gasteiger partial charge < -0.3 is 25.0 Å². The second-order valence-corrected chi connectivity index (χ2v) is 18.1. The number of anilines is 2. The Bertz CT molecular complexity index is 2600. The Hall–Kier alpha value is -5.80. The predicted molar refractivity (Wildman–Crippen MR) is 232 cm³/mol. The van der Waals surface area contributed by atoms with Crippen molar-refractivity contribution in [2.45, 2.75) is 82.0 Å². The zero-order valence-electron chi connectivity index (χ0n) is 35.7. The molecule has 2 atom stereocenters. The summed E-state index contributed by atoms with van der Waals surface area (Å²) in [5.41, 5.74) is 2.02. The minimum atomic E-state index is -1.26. The fraction of sp³-hybridized carbons (Fsp3) is 0.478. The van der Waals surface area contributed by atoms with Crippen molar-refractivity contribution in [1.82, 2.24) is 34.5 Å². The zero-order chi connectivity index (χ0) is 44.2. The predicted octanol–water partition coefficient (Wildman–Crippen LogP) is 5.77. The summed E-state index contributed by atoms with van der Waals surface area (Å²) >= 11 is 0. The summed E-state index contributed by atoms with van der Waals surface area (Å²) in [6, 6.07) is 12.3. The van der Waals surface area contributed by atoms with E-state index in [4.69, 9.17) is 16.4 Å². The molecule has 3 amide bonds. The number of rotatable bonds is 11. The van der Waals surface area contributed by atoms with E-state index in [0.717, 1.165) is 62.8 Å². The van der Waals surface area contributed by atoms with Crippen LogP contribution in [-0.4, -0.2) is 117 Å². The number of nitrogens with one attached hydrogen (secondary N) is 2. The van der Waals surface area contributed by atoms with Crippen LogP contribution in [0.15, 0.2) is 54.9 Å². The molecular weight excluding hydrogens is 811 g/mol. The minimum Gasteiger partial charge on any atom is -0.386 e. The lowest BCUT2D eigenvalue weighted by Gasteiger charge is -2.49. The maximum absolute atomic E-state index is 15.2. The number of fused-ring (bicyclic) bond motifs is 2. The van der Waals surface area contributed by atoms with E-state index in [1.807, 2.05) is 27.9 Å². The number of carbonyl (C=O) groups is 3. The van der Waals surface area contributed by atoms with Crippen LogP contribution in [0.3, 0.4) is 0 Å². The van der Waals surface area contributed by atoms with Crippen LogP contribution in [0.25, 0.3) is 21.3 Å². The number of carbonyl (C=O) groups excluding carboxylic acids is 3. The molecule has 1 aliphatic carbocycles. The molecular formula is C46H52F2N10O5. The van der Waals surface area contributed by atoms with Gasteiger partial charge in [-0.3, -0.25) is 29.3 Å². The first-order chi connectivity index (χ1) is 30.3. The number of aliphatic hydroxyl groups is 1. The number of halogens is 2. The van der Waals surface area contributed by atoms with Crippen molar-refractivity contribution in [3.8, 4) is 0 Å². The number of ether oxygens (including phenoxy) is 1. The molecule has 1 unspecified atom stereocenters. The standard InChI is InChI=1S/C46H52F2N10O5/c1-46(2,62)36-19-39-28(15-40(36)51-45(61)41-11-9-32-16-29(49-3)20-50-58(32)41)24-57(53-39)31-7-5-30(6-8-31)56-14-13-54(25-34(56)26-63-4)21-27-22-55(23-27)33-17-37(47)43(38(48)18-33)35-10-12-42(59)52-44(35)60/h9,11,15-20,24,27,30-31,34-35,62H,5-8,10,12-14,21-23,25-26H2,1-2,4H3,(H,51,61)(H,52,59,60)/t30?,31?,34-,35?/m0/s1.